The summed E-state index contributed by atoms with van der Waals surface area (Å²) in [5, 5.41) is 15.0. The van der Waals surface area contributed by atoms with Crippen molar-refractivity contribution in [1.29, 1.82) is 0 Å². The molecule has 1 saturated carbocycles. The standard InChI is InChI=1S/C26H32N4O6/c1-25(2,3)23-26(13-29(23)24(35)36)11-14(12-26)9-10-27-16-6-4-5-15-19(16)22(34)30(21(15)33)17-7-8-18(31)28-20(17)32/h4-6,14,17,23,27H,7-13H2,1-3H3,(H,35,36)(H,28,31,32). The van der Waals surface area contributed by atoms with Crippen molar-refractivity contribution in [3.8, 4) is 0 Å². The van der Waals surface area contributed by atoms with Crippen LogP contribution in [0.5, 0.6) is 0 Å². The number of likely N-dealkylation sites (tertiary alicyclic amines) is 1. The third-order valence-electron chi connectivity index (χ3n) is 8.17. The number of carboxylic acid groups (broad SMARTS) is 1. The van der Waals surface area contributed by atoms with Crippen molar-refractivity contribution in [2.75, 3.05) is 18.4 Å². The van der Waals surface area contributed by atoms with Crippen LogP contribution in [0.15, 0.2) is 18.2 Å². The summed E-state index contributed by atoms with van der Waals surface area (Å²) >= 11 is 0. The molecular weight excluding hydrogens is 464 g/mol. The number of anilines is 1. The minimum atomic E-state index is -0.988. The van der Waals surface area contributed by atoms with Crippen molar-refractivity contribution in [3.05, 3.63) is 29.3 Å². The summed E-state index contributed by atoms with van der Waals surface area (Å²) in [6.45, 7) is 7.48. The maximum Gasteiger partial charge on any atom is 0.407 e. The molecule has 0 radical (unpaired) electrons. The summed E-state index contributed by atoms with van der Waals surface area (Å²) in [6.07, 6.45) is 2.18. The van der Waals surface area contributed by atoms with E-state index in [-0.39, 0.29) is 40.8 Å². The van der Waals surface area contributed by atoms with Gasteiger partial charge in [-0.05, 0) is 49.1 Å². The van der Waals surface area contributed by atoms with Crippen LogP contribution in [0.25, 0.3) is 0 Å². The van der Waals surface area contributed by atoms with E-state index in [9.17, 15) is 29.1 Å². The maximum atomic E-state index is 13.2. The van der Waals surface area contributed by atoms with Gasteiger partial charge in [0.25, 0.3) is 11.8 Å². The zero-order chi connectivity index (χ0) is 26.0. The number of rotatable bonds is 5. The molecule has 10 heteroatoms. The fourth-order valence-corrected chi connectivity index (χ4v) is 7.02. The first kappa shape index (κ1) is 24.3. The first-order valence-electron chi connectivity index (χ1n) is 12.5. The van der Waals surface area contributed by atoms with Crippen LogP contribution >= 0.6 is 0 Å². The fraction of sp³-hybridized carbons (Fsp3) is 0.577. The Hall–Kier alpha value is -3.43. The zero-order valence-electron chi connectivity index (χ0n) is 20.8. The van der Waals surface area contributed by atoms with Crippen molar-refractivity contribution in [3.63, 3.8) is 0 Å². The van der Waals surface area contributed by atoms with Crippen molar-refractivity contribution >= 4 is 35.4 Å². The largest absolute Gasteiger partial charge is 0.465 e. The number of imide groups is 2. The van der Waals surface area contributed by atoms with E-state index in [1.54, 1.807) is 23.1 Å². The molecule has 5 rings (SSSR count). The smallest absolute Gasteiger partial charge is 0.407 e. The summed E-state index contributed by atoms with van der Waals surface area (Å²) in [6, 6.07) is 4.08. The number of nitrogens with zero attached hydrogens (tertiary/aromatic N) is 2. The van der Waals surface area contributed by atoms with Gasteiger partial charge in [0, 0.05) is 36.7 Å². The topological polar surface area (TPSA) is 136 Å². The summed E-state index contributed by atoms with van der Waals surface area (Å²) < 4.78 is 0. The van der Waals surface area contributed by atoms with Gasteiger partial charge in [0.15, 0.2) is 0 Å². The molecule has 1 spiro atoms. The first-order valence-corrected chi connectivity index (χ1v) is 12.5. The average Bonchev–Trinajstić information content (AvgIpc) is 2.98. The van der Waals surface area contributed by atoms with Gasteiger partial charge in [-0.3, -0.25) is 29.4 Å². The van der Waals surface area contributed by atoms with E-state index >= 15 is 0 Å². The Kier molecular flexibility index (Phi) is 5.61. The second kappa shape index (κ2) is 8.31. The predicted molar refractivity (Wildman–Crippen MR) is 129 cm³/mol. The Labute approximate surface area is 209 Å². The molecule has 36 heavy (non-hydrogen) atoms. The molecule has 1 aromatic rings. The van der Waals surface area contributed by atoms with Crippen LogP contribution in [0.3, 0.4) is 0 Å². The van der Waals surface area contributed by atoms with E-state index in [2.05, 4.69) is 31.4 Å². The Balaban J connectivity index is 1.21. The van der Waals surface area contributed by atoms with Crippen LogP contribution in [0, 0.1) is 16.7 Å². The molecule has 3 fully saturated rings. The van der Waals surface area contributed by atoms with E-state index < -0.39 is 35.8 Å². The molecule has 2 unspecified atom stereocenters. The number of benzene rings is 1. The average molecular weight is 497 g/mol. The minimum absolute atomic E-state index is 0.0194. The van der Waals surface area contributed by atoms with Gasteiger partial charge in [0.1, 0.15) is 6.04 Å². The lowest BCUT2D eigenvalue weighted by Gasteiger charge is -2.67. The lowest BCUT2D eigenvalue weighted by atomic mass is 9.48. The van der Waals surface area contributed by atoms with Gasteiger partial charge in [-0.15, -0.1) is 0 Å². The third kappa shape index (κ3) is 3.74. The summed E-state index contributed by atoms with van der Waals surface area (Å²) in [5.41, 5.74) is 1.02. The minimum Gasteiger partial charge on any atom is -0.465 e. The Bertz CT molecular complexity index is 1170. The predicted octanol–water partition coefficient (Wildman–Crippen LogP) is 2.69. The molecule has 192 valence electrons. The fourth-order valence-electron chi connectivity index (χ4n) is 7.02. The van der Waals surface area contributed by atoms with Gasteiger partial charge in [0.2, 0.25) is 11.8 Å². The van der Waals surface area contributed by atoms with Crippen molar-refractivity contribution in [1.82, 2.24) is 15.1 Å². The number of hydrogen-bond acceptors (Lipinski definition) is 6. The van der Waals surface area contributed by atoms with E-state index in [4.69, 9.17) is 0 Å². The number of carbonyl (C=O) groups excluding carboxylic acids is 4. The molecule has 2 atom stereocenters. The normalized spacial score (nSPS) is 29.6. The second-order valence-electron chi connectivity index (χ2n) is 11.7. The highest BCUT2D eigenvalue weighted by molar-refractivity contribution is 6.25. The van der Waals surface area contributed by atoms with E-state index in [1.165, 1.54) is 0 Å². The number of hydrogen-bond donors (Lipinski definition) is 3. The molecule has 10 nitrogen and oxygen atoms in total. The van der Waals surface area contributed by atoms with Gasteiger partial charge in [-0.25, -0.2) is 4.79 Å². The van der Waals surface area contributed by atoms with Crippen LogP contribution in [-0.4, -0.2) is 69.8 Å². The van der Waals surface area contributed by atoms with Crippen LogP contribution < -0.4 is 10.6 Å². The van der Waals surface area contributed by atoms with E-state index in [1.807, 2.05) is 0 Å². The first-order chi connectivity index (χ1) is 16.9. The number of piperidine rings is 1. The number of nitrogens with one attached hydrogen (secondary N) is 2. The second-order valence-corrected chi connectivity index (χ2v) is 11.7. The Morgan fingerprint density at radius 3 is 2.53 bits per heavy atom. The number of fused-ring (bicyclic) bond motifs is 1. The molecule has 2 saturated heterocycles. The molecule has 1 aromatic carbocycles. The highest BCUT2D eigenvalue weighted by Gasteiger charge is 2.63. The van der Waals surface area contributed by atoms with Gasteiger partial charge >= 0.3 is 6.09 Å². The van der Waals surface area contributed by atoms with Crippen LogP contribution in [0.1, 0.15) is 73.6 Å². The highest BCUT2D eigenvalue weighted by Crippen LogP contribution is 2.61. The maximum absolute atomic E-state index is 13.2. The molecular formula is C26H32N4O6. The van der Waals surface area contributed by atoms with Crippen LogP contribution in [-0.2, 0) is 9.59 Å². The van der Waals surface area contributed by atoms with Gasteiger partial charge in [0.05, 0.1) is 11.1 Å². The van der Waals surface area contributed by atoms with Crippen LogP contribution in [0.4, 0.5) is 10.5 Å². The third-order valence-corrected chi connectivity index (χ3v) is 8.17. The SMILES string of the molecule is CC(C)(C)C1N(C(=O)O)CC12CC(CCNc1cccc3c1C(=O)N(C1CCC(=O)NC1=O)C3=O)C2. The monoisotopic (exact) mass is 496 g/mol. The zero-order valence-corrected chi connectivity index (χ0v) is 20.8. The molecule has 3 heterocycles. The molecule has 0 bridgehead atoms. The molecule has 3 aliphatic heterocycles. The number of carbonyl (C=O) groups is 5. The van der Waals surface area contributed by atoms with E-state index in [0.717, 1.165) is 24.2 Å². The van der Waals surface area contributed by atoms with E-state index in [0.29, 0.717) is 24.7 Å². The molecule has 0 aromatic heterocycles. The molecule has 3 N–H and O–H groups in total. The van der Waals surface area contributed by atoms with Gasteiger partial charge in [-0.1, -0.05) is 26.8 Å². The molecule has 4 aliphatic rings. The molecule has 1 aliphatic carbocycles. The summed E-state index contributed by atoms with van der Waals surface area (Å²) in [5.74, 6) is -1.60. The lowest BCUT2D eigenvalue weighted by molar-refractivity contribution is -0.172. The van der Waals surface area contributed by atoms with Gasteiger partial charge < -0.3 is 15.3 Å². The van der Waals surface area contributed by atoms with Crippen molar-refractivity contribution in [2.45, 2.75) is 65.0 Å². The van der Waals surface area contributed by atoms with Gasteiger partial charge in [-0.2, -0.15) is 0 Å². The van der Waals surface area contributed by atoms with Crippen molar-refractivity contribution in [2.24, 2.45) is 16.7 Å². The lowest BCUT2D eigenvalue weighted by Crippen LogP contribution is -2.74. The van der Waals surface area contributed by atoms with Crippen LogP contribution in [0.2, 0.25) is 0 Å². The summed E-state index contributed by atoms with van der Waals surface area (Å²) in [7, 11) is 0. The highest BCUT2D eigenvalue weighted by atomic mass is 16.4. The quantitative estimate of drug-likeness (QED) is 0.533. The summed E-state index contributed by atoms with van der Waals surface area (Å²) in [4.78, 5) is 64.1. The Morgan fingerprint density at radius 2 is 1.89 bits per heavy atom. The molecule has 5 amide bonds. The Morgan fingerprint density at radius 1 is 1.17 bits per heavy atom. The number of amides is 5. The van der Waals surface area contributed by atoms with Crippen molar-refractivity contribution < 1.29 is 29.1 Å².